The number of rotatable bonds is 12. The van der Waals surface area contributed by atoms with Gasteiger partial charge in [0.15, 0.2) is 0 Å². The number of carbonyl (C=O) groups is 3. The summed E-state index contributed by atoms with van der Waals surface area (Å²) in [5, 5.41) is 5.64. The Kier molecular flexibility index (Phi) is 12.5. The molecule has 0 heterocycles. The summed E-state index contributed by atoms with van der Waals surface area (Å²) in [6, 6.07) is 4.08. The van der Waals surface area contributed by atoms with Crippen LogP contribution in [0.4, 0.5) is 4.79 Å². The molecule has 0 saturated carbocycles. The van der Waals surface area contributed by atoms with Gasteiger partial charge in [0, 0.05) is 18.8 Å². The van der Waals surface area contributed by atoms with E-state index in [1.807, 2.05) is 39.0 Å². The van der Waals surface area contributed by atoms with E-state index < -0.39 is 23.8 Å². The van der Waals surface area contributed by atoms with Crippen LogP contribution in [0.15, 0.2) is 18.2 Å². The number of alkyl carbamates (subject to hydrolysis) is 1. The summed E-state index contributed by atoms with van der Waals surface area (Å²) in [5.74, 6) is -0.512. The smallest absolute Gasteiger partial charge is 0.408 e. The number of aryl methyl sites for hydroxylation is 2. The van der Waals surface area contributed by atoms with Crippen LogP contribution in [0.3, 0.4) is 0 Å². The summed E-state index contributed by atoms with van der Waals surface area (Å²) in [7, 11) is 0. The summed E-state index contributed by atoms with van der Waals surface area (Å²) < 4.78 is 5.32. The molecule has 0 spiro atoms. The van der Waals surface area contributed by atoms with Crippen molar-refractivity contribution in [2.45, 2.75) is 91.8 Å². The highest BCUT2D eigenvalue weighted by Gasteiger charge is 2.35. The molecule has 0 aromatic heterocycles. The predicted octanol–water partition coefficient (Wildman–Crippen LogP) is 4.71. The topological polar surface area (TPSA) is 87.7 Å². The van der Waals surface area contributed by atoms with Gasteiger partial charge in [-0.2, -0.15) is 12.6 Å². The average molecular weight is 494 g/mol. The van der Waals surface area contributed by atoms with E-state index in [2.05, 4.69) is 30.2 Å². The molecule has 0 bridgehead atoms. The summed E-state index contributed by atoms with van der Waals surface area (Å²) >= 11 is 4.30. The average Bonchev–Trinajstić information content (AvgIpc) is 2.75. The minimum Gasteiger partial charge on any atom is -0.444 e. The number of benzene rings is 1. The number of hydrogen-bond acceptors (Lipinski definition) is 5. The molecule has 3 amide bonds. The fraction of sp³-hybridized carbons (Fsp3) is 0.654. The minimum atomic E-state index is -0.924. The van der Waals surface area contributed by atoms with Gasteiger partial charge < -0.3 is 20.3 Å². The highest BCUT2D eigenvalue weighted by Crippen LogP contribution is 2.25. The fourth-order valence-electron chi connectivity index (χ4n) is 3.53. The van der Waals surface area contributed by atoms with E-state index in [4.69, 9.17) is 4.74 Å². The lowest BCUT2D eigenvalue weighted by molar-refractivity contribution is -0.142. The number of thiol groups is 1. The fourth-order valence-corrected chi connectivity index (χ4v) is 3.78. The molecule has 0 aliphatic rings. The van der Waals surface area contributed by atoms with Crippen LogP contribution in [0.1, 0.15) is 83.0 Å². The largest absolute Gasteiger partial charge is 0.444 e. The Bertz CT molecular complexity index is 823. The SMILES string of the molecule is CCCCCNC(=O)C(c1ccc(C)c(C)c1)N(CCC)C(=O)C(CS)NC(=O)OC(C)(C)C. The molecule has 0 aliphatic heterocycles. The standard InChI is InChI=1S/C26H43N3O4S/c1-8-10-11-14-27-23(30)22(20-13-12-18(3)19(4)16-20)29(15-9-2)24(31)21(17-34)28-25(32)33-26(5,6)7/h12-13,16,21-22,34H,8-11,14-15,17H2,1-7H3,(H,27,30)(H,28,32). The third-order valence-electron chi connectivity index (χ3n) is 5.41. The number of nitrogens with one attached hydrogen (secondary N) is 2. The molecule has 0 fully saturated rings. The normalized spacial score (nSPS) is 13.1. The van der Waals surface area contributed by atoms with Crippen molar-refractivity contribution in [1.29, 1.82) is 0 Å². The number of amides is 3. The zero-order valence-corrected chi connectivity index (χ0v) is 22.8. The van der Waals surface area contributed by atoms with E-state index in [0.29, 0.717) is 19.5 Å². The van der Waals surface area contributed by atoms with Gasteiger partial charge in [0.25, 0.3) is 0 Å². The number of hydrogen-bond donors (Lipinski definition) is 3. The third kappa shape index (κ3) is 9.57. The Morgan fingerprint density at radius 1 is 1.06 bits per heavy atom. The maximum Gasteiger partial charge on any atom is 0.408 e. The summed E-state index contributed by atoms with van der Waals surface area (Å²) in [6.07, 6.45) is 2.92. The first-order chi connectivity index (χ1) is 15.9. The van der Waals surface area contributed by atoms with E-state index in [1.165, 1.54) is 0 Å². The molecule has 1 aromatic rings. The van der Waals surface area contributed by atoms with E-state index in [-0.39, 0.29) is 17.6 Å². The molecule has 0 aliphatic carbocycles. The van der Waals surface area contributed by atoms with Crippen molar-refractivity contribution in [2.75, 3.05) is 18.8 Å². The van der Waals surface area contributed by atoms with Gasteiger partial charge in [0.1, 0.15) is 17.7 Å². The quantitative estimate of drug-likeness (QED) is 0.291. The second kappa shape index (κ2) is 14.2. The maximum absolute atomic E-state index is 13.6. The monoisotopic (exact) mass is 493 g/mol. The minimum absolute atomic E-state index is 0.0794. The molecular formula is C26H43N3O4S. The van der Waals surface area contributed by atoms with Gasteiger partial charge >= 0.3 is 6.09 Å². The van der Waals surface area contributed by atoms with Crippen molar-refractivity contribution in [2.24, 2.45) is 0 Å². The number of unbranched alkanes of at least 4 members (excludes halogenated alkanes) is 2. The van der Waals surface area contributed by atoms with Gasteiger partial charge in [-0.15, -0.1) is 0 Å². The van der Waals surface area contributed by atoms with Gasteiger partial charge in [-0.1, -0.05) is 44.9 Å². The van der Waals surface area contributed by atoms with Gasteiger partial charge in [0.2, 0.25) is 11.8 Å². The molecule has 2 atom stereocenters. The van der Waals surface area contributed by atoms with Crippen molar-refractivity contribution in [3.8, 4) is 0 Å². The van der Waals surface area contributed by atoms with Crippen molar-refractivity contribution in [1.82, 2.24) is 15.5 Å². The summed E-state index contributed by atoms with van der Waals surface area (Å²) in [5.41, 5.74) is 2.20. The molecule has 34 heavy (non-hydrogen) atoms. The second-order valence-corrected chi connectivity index (χ2v) is 10.0. The Hall–Kier alpha value is -2.22. The van der Waals surface area contributed by atoms with Gasteiger partial charge in [0.05, 0.1) is 0 Å². The number of nitrogens with zero attached hydrogens (tertiary/aromatic N) is 1. The number of ether oxygens (including phenoxy) is 1. The molecule has 0 radical (unpaired) electrons. The molecule has 0 saturated heterocycles. The molecule has 1 rings (SSSR count). The van der Waals surface area contributed by atoms with E-state index in [9.17, 15) is 14.4 Å². The van der Waals surface area contributed by atoms with Crippen molar-refractivity contribution in [3.63, 3.8) is 0 Å². The lowest BCUT2D eigenvalue weighted by atomic mass is 9.98. The first-order valence-electron chi connectivity index (χ1n) is 12.2. The Morgan fingerprint density at radius 3 is 2.26 bits per heavy atom. The zero-order chi connectivity index (χ0) is 25.9. The highest BCUT2D eigenvalue weighted by molar-refractivity contribution is 7.80. The van der Waals surface area contributed by atoms with E-state index >= 15 is 0 Å². The van der Waals surface area contributed by atoms with E-state index in [0.717, 1.165) is 36.0 Å². The maximum atomic E-state index is 13.6. The zero-order valence-electron chi connectivity index (χ0n) is 21.9. The van der Waals surface area contributed by atoms with Gasteiger partial charge in [-0.3, -0.25) is 9.59 Å². The Morgan fingerprint density at radius 2 is 1.74 bits per heavy atom. The van der Waals surface area contributed by atoms with Crippen LogP contribution in [0, 0.1) is 13.8 Å². The van der Waals surface area contributed by atoms with Crippen LogP contribution in [-0.4, -0.2) is 53.3 Å². The lowest BCUT2D eigenvalue weighted by Crippen LogP contribution is -2.54. The molecule has 7 nitrogen and oxygen atoms in total. The third-order valence-corrected chi connectivity index (χ3v) is 5.77. The van der Waals surface area contributed by atoms with Gasteiger partial charge in [-0.05, 0) is 64.2 Å². The van der Waals surface area contributed by atoms with Crippen LogP contribution >= 0.6 is 12.6 Å². The van der Waals surface area contributed by atoms with Gasteiger partial charge in [-0.25, -0.2) is 4.79 Å². The molecule has 2 N–H and O–H groups in total. The number of carbonyl (C=O) groups excluding carboxylic acids is 3. The van der Waals surface area contributed by atoms with Crippen LogP contribution in [0.25, 0.3) is 0 Å². The van der Waals surface area contributed by atoms with Crippen molar-refractivity contribution < 1.29 is 19.1 Å². The molecule has 2 unspecified atom stereocenters. The van der Waals surface area contributed by atoms with Crippen LogP contribution in [-0.2, 0) is 14.3 Å². The highest BCUT2D eigenvalue weighted by atomic mass is 32.1. The predicted molar refractivity (Wildman–Crippen MR) is 140 cm³/mol. The molecular weight excluding hydrogens is 450 g/mol. The molecule has 1 aromatic carbocycles. The van der Waals surface area contributed by atoms with Crippen LogP contribution in [0.2, 0.25) is 0 Å². The van der Waals surface area contributed by atoms with Crippen molar-refractivity contribution >= 4 is 30.5 Å². The Balaban J connectivity index is 3.29. The van der Waals surface area contributed by atoms with Crippen LogP contribution < -0.4 is 10.6 Å². The second-order valence-electron chi connectivity index (χ2n) is 9.66. The molecule has 192 valence electrons. The molecule has 8 heteroatoms. The van der Waals surface area contributed by atoms with Crippen molar-refractivity contribution in [3.05, 3.63) is 34.9 Å². The first-order valence-corrected chi connectivity index (χ1v) is 12.8. The van der Waals surface area contributed by atoms with E-state index in [1.54, 1.807) is 25.7 Å². The first kappa shape index (κ1) is 29.8. The Labute approximate surface area is 210 Å². The van der Waals surface area contributed by atoms with Crippen LogP contribution in [0.5, 0.6) is 0 Å². The summed E-state index contributed by atoms with van der Waals surface area (Å²) in [6.45, 7) is 14.2. The lowest BCUT2D eigenvalue weighted by Gasteiger charge is -2.34. The summed E-state index contributed by atoms with van der Waals surface area (Å²) in [4.78, 5) is 41.0.